The van der Waals surface area contributed by atoms with Crippen LogP contribution in [-0.2, 0) is 14.3 Å². The van der Waals surface area contributed by atoms with Crippen molar-refractivity contribution in [1.29, 1.82) is 0 Å². The van der Waals surface area contributed by atoms with Gasteiger partial charge in [0, 0.05) is 35.4 Å². The number of hydrogen-bond donors (Lipinski definition) is 2. The van der Waals surface area contributed by atoms with Crippen LogP contribution in [0.25, 0.3) is 0 Å². The summed E-state index contributed by atoms with van der Waals surface area (Å²) in [5.74, 6) is -1.86. The smallest absolute Gasteiger partial charge is 0.325 e. The molecule has 0 aliphatic rings. The van der Waals surface area contributed by atoms with Gasteiger partial charge in [0.15, 0.2) is 6.61 Å². The monoisotopic (exact) mass is 461 g/mol. The molecule has 2 rings (SSSR count). The summed E-state index contributed by atoms with van der Waals surface area (Å²) < 4.78 is 5.58. The first-order valence-corrected chi connectivity index (χ1v) is 9.36. The standard InChI is InChI=1S/C20H20BrN3O5/c1-24(2)20(28)13-6-8-16(9-7-13)23-17(25)12-29-18(26)11-22-19(27)14-4-3-5-15(21)10-14/h3-10H,11-12H2,1-2H3,(H,22,27)(H,23,25). The summed E-state index contributed by atoms with van der Waals surface area (Å²) >= 11 is 3.26. The molecule has 8 nitrogen and oxygen atoms in total. The molecular weight excluding hydrogens is 442 g/mol. The Bertz CT molecular complexity index is 913. The third-order valence-electron chi connectivity index (χ3n) is 3.67. The predicted molar refractivity (Wildman–Crippen MR) is 111 cm³/mol. The zero-order chi connectivity index (χ0) is 21.4. The summed E-state index contributed by atoms with van der Waals surface area (Å²) in [5, 5.41) is 4.98. The fraction of sp³-hybridized carbons (Fsp3) is 0.200. The second kappa shape index (κ2) is 10.4. The predicted octanol–water partition coefficient (Wildman–Crippen LogP) is 2.06. The van der Waals surface area contributed by atoms with Gasteiger partial charge in [-0.1, -0.05) is 22.0 Å². The van der Waals surface area contributed by atoms with Crippen molar-refractivity contribution < 1.29 is 23.9 Å². The van der Waals surface area contributed by atoms with Crippen molar-refractivity contribution in [3.8, 4) is 0 Å². The average molecular weight is 462 g/mol. The number of carbonyl (C=O) groups is 4. The number of halogens is 1. The number of carbonyl (C=O) groups excluding carboxylic acids is 4. The zero-order valence-corrected chi connectivity index (χ0v) is 17.5. The topological polar surface area (TPSA) is 105 Å². The van der Waals surface area contributed by atoms with Crippen LogP contribution in [0.2, 0.25) is 0 Å². The molecule has 3 amide bonds. The number of hydrogen-bond acceptors (Lipinski definition) is 5. The lowest BCUT2D eigenvalue weighted by atomic mass is 10.2. The molecule has 0 spiro atoms. The van der Waals surface area contributed by atoms with Crippen molar-refractivity contribution in [1.82, 2.24) is 10.2 Å². The quantitative estimate of drug-likeness (QED) is 0.614. The molecule has 0 aromatic heterocycles. The van der Waals surface area contributed by atoms with E-state index in [0.717, 1.165) is 4.47 Å². The maximum Gasteiger partial charge on any atom is 0.325 e. The maximum atomic E-state index is 12.0. The van der Waals surface area contributed by atoms with Crippen molar-refractivity contribution in [3.63, 3.8) is 0 Å². The fourth-order valence-electron chi connectivity index (χ4n) is 2.23. The van der Waals surface area contributed by atoms with E-state index in [2.05, 4.69) is 26.6 Å². The van der Waals surface area contributed by atoms with Crippen LogP contribution < -0.4 is 10.6 Å². The lowest BCUT2D eigenvalue weighted by Gasteiger charge is -2.11. The minimum Gasteiger partial charge on any atom is -0.454 e. The largest absolute Gasteiger partial charge is 0.454 e. The molecule has 0 atom stereocenters. The number of nitrogens with one attached hydrogen (secondary N) is 2. The van der Waals surface area contributed by atoms with Crippen LogP contribution in [0.5, 0.6) is 0 Å². The van der Waals surface area contributed by atoms with Gasteiger partial charge in [0.2, 0.25) is 0 Å². The average Bonchev–Trinajstić information content (AvgIpc) is 2.70. The third-order valence-corrected chi connectivity index (χ3v) is 4.16. The van der Waals surface area contributed by atoms with E-state index in [-0.39, 0.29) is 12.5 Å². The Labute approximate surface area is 176 Å². The Kier molecular flexibility index (Phi) is 7.90. The first-order valence-electron chi connectivity index (χ1n) is 8.57. The van der Waals surface area contributed by atoms with E-state index >= 15 is 0 Å². The van der Waals surface area contributed by atoms with Crippen molar-refractivity contribution in [2.24, 2.45) is 0 Å². The second-order valence-electron chi connectivity index (χ2n) is 6.18. The van der Waals surface area contributed by atoms with Gasteiger partial charge in [-0.05, 0) is 42.5 Å². The van der Waals surface area contributed by atoms with Crippen LogP contribution in [-0.4, -0.2) is 55.8 Å². The Morgan fingerprint density at radius 3 is 2.31 bits per heavy atom. The number of nitrogens with zero attached hydrogens (tertiary/aromatic N) is 1. The Morgan fingerprint density at radius 2 is 1.69 bits per heavy atom. The Morgan fingerprint density at radius 1 is 1.00 bits per heavy atom. The van der Waals surface area contributed by atoms with Crippen LogP contribution in [0.1, 0.15) is 20.7 Å². The summed E-state index contributed by atoms with van der Waals surface area (Å²) in [6.07, 6.45) is 0. The lowest BCUT2D eigenvalue weighted by molar-refractivity contribution is -0.146. The van der Waals surface area contributed by atoms with Crippen LogP contribution in [0, 0.1) is 0 Å². The van der Waals surface area contributed by atoms with Crippen molar-refractivity contribution in [3.05, 3.63) is 64.1 Å². The highest BCUT2D eigenvalue weighted by Gasteiger charge is 2.12. The number of ether oxygens (including phenoxy) is 1. The summed E-state index contributed by atoms with van der Waals surface area (Å²) in [5.41, 5.74) is 1.34. The maximum absolute atomic E-state index is 12.0. The summed E-state index contributed by atoms with van der Waals surface area (Å²) in [6, 6.07) is 13.0. The molecule has 0 saturated carbocycles. The second-order valence-corrected chi connectivity index (χ2v) is 7.09. The lowest BCUT2D eigenvalue weighted by Crippen LogP contribution is -2.32. The molecule has 9 heteroatoms. The van der Waals surface area contributed by atoms with Gasteiger partial charge in [-0.2, -0.15) is 0 Å². The molecule has 2 aromatic carbocycles. The van der Waals surface area contributed by atoms with Crippen molar-refractivity contribution >= 4 is 45.3 Å². The minimum atomic E-state index is -0.740. The summed E-state index contributed by atoms with van der Waals surface area (Å²) in [6.45, 7) is -0.857. The summed E-state index contributed by atoms with van der Waals surface area (Å²) in [4.78, 5) is 48.8. The molecule has 0 aliphatic carbocycles. The molecule has 0 aliphatic heterocycles. The molecule has 0 heterocycles. The van der Waals surface area contributed by atoms with Gasteiger partial charge in [-0.25, -0.2) is 0 Å². The van der Waals surface area contributed by atoms with Crippen LogP contribution >= 0.6 is 15.9 Å². The van der Waals surface area contributed by atoms with E-state index < -0.39 is 24.4 Å². The van der Waals surface area contributed by atoms with Gasteiger partial charge in [0.25, 0.3) is 17.7 Å². The van der Waals surface area contributed by atoms with Gasteiger partial charge >= 0.3 is 5.97 Å². The van der Waals surface area contributed by atoms with Crippen LogP contribution in [0.4, 0.5) is 5.69 Å². The molecule has 0 bridgehead atoms. The number of benzene rings is 2. The van der Waals surface area contributed by atoms with Crippen LogP contribution in [0.15, 0.2) is 53.0 Å². The van der Waals surface area contributed by atoms with Crippen molar-refractivity contribution in [2.75, 3.05) is 32.6 Å². The normalized spacial score (nSPS) is 10.0. The molecule has 0 fully saturated rings. The molecule has 152 valence electrons. The van der Waals surface area contributed by atoms with E-state index in [1.54, 1.807) is 62.6 Å². The molecule has 0 unspecified atom stereocenters. The van der Waals surface area contributed by atoms with E-state index in [1.807, 2.05) is 0 Å². The van der Waals surface area contributed by atoms with Gasteiger partial charge in [0.05, 0.1) is 0 Å². The number of anilines is 1. The molecular formula is C20H20BrN3O5. The number of rotatable bonds is 7. The fourth-order valence-corrected chi connectivity index (χ4v) is 2.63. The SMILES string of the molecule is CN(C)C(=O)c1ccc(NC(=O)COC(=O)CNC(=O)c2cccc(Br)c2)cc1. The van der Waals surface area contributed by atoms with Gasteiger partial charge in [0.1, 0.15) is 6.54 Å². The van der Waals surface area contributed by atoms with E-state index in [9.17, 15) is 19.2 Å². The van der Waals surface area contributed by atoms with Crippen LogP contribution in [0.3, 0.4) is 0 Å². The Balaban J connectivity index is 1.75. The Hall–Kier alpha value is -3.20. The van der Waals surface area contributed by atoms with Gasteiger partial charge in [-0.15, -0.1) is 0 Å². The molecule has 2 N–H and O–H groups in total. The first kappa shape index (κ1) is 22.1. The third kappa shape index (κ3) is 7.04. The molecule has 29 heavy (non-hydrogen) atoms. The van der Waals surface area contributed by atoms with Crippen molar-refractivity contribution in [2.45, 2.75) is 0 Å². The van der Waals surface area contributed by atoms with E-state index in [1.165, 1.54) is 4.90 Å². The first-order chi connectivity index (χ1) is 13.8. The highest BCUT2D eigenvalue weighted by Crippen LogP contribution is 2.12. The van der Waals surface area contributed by atoms with E-state index in [0.29, 0.717) is 16.8 Å². The van der Waals surface area contributed by atoms with E-state index in [4.69, 9.17) is 4.74 Å². The molecule has 0 radical (unpaired) electrons. The molecule has 2 aromatic rings. The van der Waals surface area contributed by atoms with Gasteiger partial charge < -0.3 is 20.3 Å². The summed E-state index contributed by atoms with van der Waals surface area (Å²) in [7, 11) is 3.29. The highest BCUT2D eigenvalue weighted by molar-refractivity contribution is 9.10. The number of amides is 3. The van der Waals surface area contributed by atoms with Gasteiger partial charge in [-0.3, -0.25) is 19.2 Å². The molecule has 0 saturated heterocycles. The highest BCUT2D eigenvalue weighted by atomic mass is 79.9. The minimum absolute atomic E-state index is 0.151. The zero-order valence-electron chi connectivity index (χ0n) is 15.9. The number of esters is 1.